The average Bonchev–Trinajstić information content (AvgIpc) is 2.68. The molecule has 0 aromatic heterocycles. The van der Waals surface area contributed by atoms with E-state index in [0.717, 1.165) is 24.4 Å². The van der Waals surface area contributed by atoms with E-state index in [9.17, 15) is 4.39 Å². The molecule has 0 aliphatic carbocycles. The summed E-state index contributed by atoms with van der Waals surface area (Å²) in [6.07, 6.45) is 3.62. The predicted octanol–water partition coefficient (Wildman–Crippen LogP) is 6.26. The quantitative estimate of drug-likeness (QED) is 0.437. The summed E-state index contributed by atoms with van der Waals surface area (Å²) in [6, 6.07) is 19.1. The van der Waals surface area contributed by atoms with Crippen LogP contribution in [0.2, 0.25) is 0 Å². The molecule has 0 heterocycles. The number of ether oxygens (including phenoxy) is 1. The molecule has 0 fully saturated rings. The van der Waals surface area contributed by atoms with Crippen LogP contribution in [0.25, 0.3) is 10.8 Å². The minimum atomic E-state index is -0.229. The second kappa shape index (κ2) is 10.9. The third kappa shape index (κ3) is 5.69. The Morgan fingerprint density at radius 1 is 0.926 bits per heavy atom. The monoisotopic (exact) mass is 387 g/mol. The predicted molar refractivity (Wildman–Crippen MR) is 113 cm³/mol. The van der Waals surface area contributed by atoms with Crippen LogP contribution in [0.3, 0.4) is 0 Å². The first-order chi connectivity index (χ1) is 12.8. The van der Waals surface area contributed by atoms with Crippen LogP contribution < -0.4 is 10.1 Å². The minimum absolute atomic E-state index is 0. The number of unbranched alkanes of at least 4 members (excludes halogenated alkanes) is 2. The second-order valence-electron chi connectivity index (χ2n) is 6.53. The fourth-order valence-electron chi connectivity index (χ4n) is 3.12. The fraction of sp³-hybridized carbons (Fsp3) is 0.304. The lowest BCUT2D eigenvalue weighted by Crippen LogP contribution is -2.16. The number of benzene rings is 3. The van der Waals surface area contributed by atoms with Gasteiger partial charge in [0.15, 0.2) is 0 Å². The molecule has 0 amide bonds. The molecule has 0 atom stereocenters. The Morgan fingerprint density at radius 3 is 2.52 bits per heavy atom. The molecule has 0 aliphatic heterocycles. The summed E-state index contributed by atoms with van der Waals surface area (Å²) >= 11 is 0. The lowest BCUT2D eigenvalue weighted by Gasteiger charge is -2.15. The molecule has 2 nitrogen and oxygen atoms in total. The molecule has 3 aromatic carbocycles. The molecular weight excluding hydrogens is 361 g/mol. The highest BCUT2D eigenvalue weighted by Crippen LogP contribution is 2.29. The smallest absolute Gasteiger partial charge is 0.129 e. The Morgan fingerprint density at radius 2 is 1.70 bits per heavy atom. The first kappa shape index (κ1) is 21.2. The van der Waals surface area contributed by atoms with E-state index in [0.29, 0.717) is 5.56 Å². The van der Waals surface area contributed by atoms with Gasteiger partial charge in [-0.3, -0.25) is 0 Å². The van der Waals surface area contributed by atoms with E-state index in [1.54, 1.807) is 12.1 Å². The maximum absolute atomic E-state index is 13.9. The van der Waals surface area contributed by atoms with Crippen molar-refractivity contribution in [2.75, 3.05) is 6.54 Å². The van der Waals surface area contributed by atoms with Gasteiger partial charge in [0, 0.05) is 17.7 Å². The largest absolute Gasteiger partial charge is 0.488 e. The highest BCUT2D eigenvalue weighted by atomic mass is 35.5. The van der Waals surface area contributed by atoms with Gasteiger partial charge in [-0.05, 0) is 35.9 Å². The van der Waals surface area contributed by atoms with Gasteiger partial charge in [0.05, 0.1) is 0 Å². The first-order valence-corrected chi connectivity index (χ1v) is 9.37. The van der Waals surface area contributed by atoms with E-state index < -0.39 is 0 Å². The van der Waals surface area contributed by atoms with Crippen LogP contribution in [-0.4, -0.2) is 6.54 Å². The first-order valence-electron chi connectivity index (χ1n) is 9.37. The van der Waals surface area contributed by atoms with Gasteiger partial charge in [-0.15, -0.1) is 12.4 Å². The molecule has 0 aliphatic rings. The number of hydrogen-bond acceptors (Lipinski definition) is 2. The van der Waals surface area contributed by atoms with Crippen LogP contribution >= 0.6 is 12.4 Å². The van der Waals surface area contributed by atoms with E-state index in [1.807, 2.05) is 24.3 Å². The molecule has 0 radical (unpaired) electrons. The van der Waals surface area contributed by atoms with Crippen molar-refractivity contribution in [2.24, 2.45) is 0 Å². The van der Waals surface area contributed by atoms with E-state index >= 15 is 0 Å². The van der Waals surface area contributed by atoms with Gasteiger partial charge in [0.1, 0.15) is 18.2 Å². The summed E-state index contributed by atoms with van der Waals surface area (Å²) in [5, 5.41) is 5.90. The van der Waals surface area contributed by atoms with Crippen molar-refractivity contribution in [3.05, 3.63) is 77.6 Å². The summed E-state index contributed by atoms with van der Waals surface area (Å²) in [6.45, 7) is 4.18. The number of rotatable bonds is 9. The molecule has 0 bridgehead atoms. The molecule has 4 heteroatoms. The lowest BCUT2D eigenvalue weighted by molar-refractivity contribution is 0.296. The van der Waals surface area contributed by atoms with E-state index in [2.05, 4.69) is 30.4 Å². The fourth-order valence-corrected chi connectivity index (χ4v) is 3.12. The van der Waals surface area contributed by atoms with Crippen molar-refractivity contribution in [1.29, 1.82) is 0 Å². The molecule has 3 aromatic rings. The summed E-state index contributed by atoms with van der Waals surface area (Å²) in [5.41, 5.74) is 1.71. The summed E-state index contributed by atoms with van der Waals surface area (Å²) < 4.78 is 19.9. The Hall–Kier alpha value is -2.10. The van der Waals surface area contributed by atoms with Crippen LogP contribution in [0, 0.1) is 5.82 Å². The maximum Gasteiger partial charge on any atom is 0.129 e. The van der Waals surface area contributed by atoms with Crippen LogP contribution in [-0.2, 0) is 13.2 Å². The topological polar surface area (TPSA) is 21.3 Å². The zero-order chi connectivity index (χ0) is 18.2. The van der Waals surface area contributed by atoms with Gasteiger partial charge in [-0.1, -0.05) is 68.3 Å². The normalized spacial score (nSPS) is 10.6. The highest BCUT2D eigenvalue weighted by Gasteiger charge is 2.10. The van der Waals surface area contributed by atoms with Gasteiger partial charge in [0.2, 0.25) is 0 Å². The molecule has 0 spiro atoms. The molecular formula is C23H27ClFNO. The van der Waals surface area contributed by atoms with Crippen LogP contribution in [0.1, 0.15) is 37.3 Å². The van der Waals surface area contributed by atoms with Gasteiger partial charge >= 0.3 is 0 Å². The standard InChI is InChI=1S/C23H26FNO.ClH/c1-2-3-8-15-25-16-21-20-11-6-4-9-18(20)13-14-23(21)26-17-19-10-5-7-12-22(19)24;/h4-7,9-14,25H,2-3,8,15-17H2,1H3;1H. The third-order valence-electron chi connectivity index (χ3n) is 4.60. The Balaban J connectivity index is 0.00000261. The molecule has 27 heavy (non-hydrogen) atoms. The van der Waals surface area contributed by atoms with Crippen molar-refractivity contribution in [2.45, 2.75) is 39.3 Å². The van der Waals surface area contributed by atoms with Crippen molar-refractivity contribution in [1.82, 2.24) is 5.32 Å². The second-order valence-corrected chi connectivity index (χ2v) is 6.53. The summed E-state index contributed by atoms with van der Waals surface area (Å²) in [7, 11) is 0. The average molecular weight is 388 g/mol. The number of hydrogen-bond donors (Lipinski definition) is 1. The summed E-state index contributed by atoms with van der Waals surface area (Å²) in [4.78, 5) is 0. The Bertz CT molecular complexity index is 853. The van der Waals surface area contributed by atoms with E-state index in [4.69, 9.17) is 4.74 Å². The zero-order valence-corrected chi connectivity index (χ0v) is 16.5. The summed E-state index contributed by atoms with van der Waals surface area (Å²) in [5.74, 6) is 0.586. The number of fused-ring (bicyclic) bond motifs is 1. The Kier molecular flexibility index (Phi) is 8.56. The van der Waals surface area contributed by atoms with Crippen molar-refractivity contribution in [3.63, 3.8) is 0 Å². The van der Waals surface area contributed by atoms with Gasteiger partial charge in [-0.25, -0.2) is 4.39 Å². The van der Waals surface area contributed by atoms with Crippen LogP contribution in [0.15, 0.2) is 60.7 Å². The minimum Gasteiger partial charge on any atom is -0.488 e. The maximum atomic E-state index is 13.9. The third-order valence-corrected chi connectivity index (χ3v) is 4.60. The van der Waals surface area contributed by atoms with Gasteiger partial charge in [-0.2, -0.15) is 0 Å². The van der Waals surface area contributed by atoms with Crippen molar-refractivity contribution < 1.29 is 9.13 Å². The number of halogens is 2. The van der Waals surface area contributed by atoms with Crippen molar-refractivity contribution in [3.8, 4) is 5.75 Å². The molecule has 0 unspecified atom stereocenters. The molecule has 3 rings (SSSR count). The SMILES string of the molecule is CCCCCNCc1c(OCc2ccccc2F)ccc2ccccc12.Cl. The Labute approximate surface area is 167 Å². The van der Waals surface area contributed by atoms with Gasteiger partial charge in [0.25, 0.3) is 0 Å². The zero-order valence-electron chi connectivity index (χ0n) is 15.7. The molecule has 144 valence electrons. The molecule has 0 saturated heterocycles. The lowest BCUT2D eigenvalue weighted by atomic mass is 10.0. The van der Waals surface area contributed by atoms with E-state index in [1.165, 1.54) is 36.1 Å². The molecule has 1 N–H and O–H groups in total. The highest BCUT2D eigenvalue weighted by molar-refractivity contribution is 5.87. The van der Waals surface area contributed by atoms with Crippen LogP contribution in [0.5, 0.6) is 5.75 Å². The number of nitrogens with one attached hydrogen (secondary N) is 1. The van der Waals surface area contributed by atoms with Crippen LogP contribution in [0.4, 0.5) is 4.39 Å². The molecule has 0 saturated carbocycles. The van der Waals surface area contributed by atoms with Gasteiger partial charge < -0.3 is 10.1 Å². The van der Waals surface area contributed by atoms with Crippen molar-refractivity contribution >= 4 is 23.2 Å². The van der Waals surface area contributed by atoms with E-state index in [-0.39, 0.29) is 24.8 Å².